The van der Waals surface area contributed by atoms with Crippen LogP contribution in [-0.2, 0) is 0 Å². The van der Waals surface area contributed by atoms with Crippen molar-refractivity contribution in [3.63, 3.8) is 0 Å². The number of nitrogens with one attached hydrogen (secondary N) is 1. The highest BCUT2D eigenvalue weighted by Crippen LogP contribution is 2.18. The van der Waals surface area contributed by atoms with E-state index in [1.54, 1.807) is 12.1 Å². The number of nitrogens with zero attached hydrogens (tertiary/aromatic N) is 2. The van der Waals surface area contributed by atoms with Crippen LogP contribution in [0.5, 0.6) is 0 Å². The number of ketones is 1. The van der Waals surface area contributed by atoms with Crippen molar-refractivity contribution in [1.29, 1.82) is 0 Å². The molecule has 1 heterocycles. The molecule has 2 aromatic rings. The fourth-order valence-corrected chi connectivity index (χ4v) is 2.94. The Kier molecular flexibility index (Phi) is 6.11. The summed E-state index contributed by atoms with van der Waals surface area (Å²) in [5.74, 6) is -5.55. The van der Waals surface area contributed by atoms with Gasteiger partial charge < -0.3 is 10.2 Å². The van der Waals surface area contributed by atoms with Crippen molar-refractivity contribution in [2.45, 2.75) is 0 Å². The Morgan fingerprint density at radius 2 is 1.57 bits per heavy atom. The molecule has 1 saturated heterocycles. The zero-order valence-electron chi connectivity index (χ0n) is 15.3. The van der Waals surface area contributed by atoms with Gasteiger partial charge in [0, 0.05) is 37.4 Å². The molecule has 1 aliphatic rings. The van der Waals surface area contributed by atoms with E-state index in [0.29, 0.717) is 23.9 Å². The number of hydrogen-bond donors (Lipinski definition) is 1. The van der Waals surface area contributed by atoms with E-state index in [1.807, 2.05) is 7.05 Å². The molecule has 2 aromatic carbocycles. The predicted octanol–water partition coefficient (Wildman–Crippen LogP) is 2.79. The van der Waals surface area contributed by atoms with E-state index < -0.39 is 28.9 Å². The van der Waals surface area contributed by atoms with Crippen LogP contribution in [0, 0.1) is 17.5 Å². The number of amides is 1. The van der Waals surface area contributed by atoms with Gasteiger partial charge >= 0.3 is 0 Å². The number of benzene rings is 2. The Balaban J connectivity index is 1.62. The fourth-order valence-electron chi connectivity index (χ4n) is 2.94. The van der Waals surface area contributed by atoms with Crippen molar-refractivity contribution < 1.29 is 22.8 Å². The SMILES string of the molecule is CN1CCN(CC(=O)c2ccc(NC(=O)c3ccc(F)c(F)c3F)cc2)CC1. The van der Waals surface area contributed by atoms with Crippen LogP contribution >= 0.6 is 0 Å². The molecule has 0 saturated carbocycles. The summed E-state index contributed by atoms with van der Waals surface area (Å²) < 4.78 is 39.9. The minimum atomic E-state index is -1.70. The lowest BCUT2D eigenvalue weighted by Crippen LogP contribution is -2.46. The Morgan fingerprint density at radius 1 is 0.929 bits per heavy atom. The van der Waals surface area contributed by atoms with Gasteiger partial charge in [0.25, 0.3) is 5.91 Å². The number of hydrogen-bond acceptors (Lipinski definition) is 4. The second kappa shape index (κ2) is 8.53. The van der Waals surface area contributed by atoms with Crippen molar-refractivity contribution in [3.8, 4) is 0 Å². The molecule has 0 unspecified atom stereocenters. The van der Waals surface area contributed by atoms with Gasteiger partial charge in [-0.05, 0) is 43.4 Å². The number of carbonyl (C=O) groups excluding carboxylic acids is 2. The fraction of sp³-hybridized carbons (Fsp3) is 0.300. The van der Waals surface area contributed by atoms with Crippen molar-refractivity contribution in [2.24, 2.45) is 0 Å². The maximum absolute atomic E-state index is 13.7. The number of Topliss-reactive ketones (excluding diaryl/α,β-unsaturated/α-hetero) is 1. The zero-order valence-corrected chi connectivity index (χ0v) is 15.3. The lowest BCUT2D eigenvalue weighted by molar-refractivity contribution is 0.0876. The number of rotatable bonds is 5. The van der Waals surface area contributed by atoms with Crippen LogP contribution in [0.25, 0.3) is 0 Å². The molecule has 8 heteroatoms. The molecule has 1 fully saturated rings. The first kappa shape index (κ1) is 20.0. The first-order chi connectivity index (χ1) is 13.3. The van der Waals surface area contributed by atoms with Gasteiger partial charge in [0.1, 0.15) is 0 Å². The van der Waals surface area contributed by atoms with Gasteiger partial charge in [-0.25, -0.2) is 13.2 Å². The topological polar surface area (TPSA) is 52.6 Å². The number of halogens is 3. The van der Waals surface area contributed by atoms with E-state index in [4.69, 9.17) is 0 Å². The van der Waals surface area contributed by atoms with E-state index >= 15 is 0 Å². The highest BCUT2D eigenvalue weighted by Gasteiger charge is 2.20. The van der Waals surface area contributed by atoms with Crippen LogP contribution in [0.2, 0.25) is 0 Å². The molecule has 148 valence electrons. The van der Waals surface area contributed by atoms with Crippen LogP contribution in [0.3, 0.4) is 0 Å². The zero-order chi connectivity index (χ0) is 20.3. The molecule has 1 aliphatic heterocycles. The molecule has 0 atom stereocenters. The molecule has 5 nitrogen and oxygen atoms in total. The summed E-state index contributed by atoms with van der Waals surface area (Å²) >= 11 is 0. The highest BCUT2D eigenvalue weighted by atomic mass is 19.2. The highest BCUT2D eigenvalue weighted by molar-refractivity contribution is 6.05. The summed E-state index contributed by atoms with van der Waals surface area (Å²) in [4.78, 5) is 28.8. The molecule has 0 aromatic heterocycles. The van der Waals surface area contributed by atoms with E-state index in [2.05, 4.69) is 15.1 Å². The second-order valence-electron chi connectivity index (χ2n) is 6.76. The smallest absolute Gasteiger partial charge is 0.258 e. The second-order valence-corrected chi connectivity index (χ2v) is 6.76. The minimum Gasteiger partial charge on any atom is -0.322 e. The largest absolute Gasteiger partial charge is 0.322 e. The normalized spacial score (nSPS) is 15.4. The van der Waals surface area contributed by atoms with Gasteiger partial charge in [-0.15, -0.1) is 0 Å². The average molecular weight is 391 g/mol. The minimum absolute atomic E-state index is 0.0333. The maximum atomic E-state index is 13.7. The first-order valence-corrected chi connectivity index (χ1v) is 8.84. The first-order valence-electron chi connectivity index (χ1n) is 8.84. The lowest BCUT2D eigenvalue weighted by atomic mass is 10.1. The number of carbonyl (C=O) groups is 2. The van der Waals surface area contributed by atoms with Gasteiger partial charge in [-0.1, -0.05) is 0 Å². The number of piperazine rings is 1. The summed E-state index contributed by atoms with van der Waals surface area (Å²) in [6, 6.07) is 7.70. The van der Waals surface area contributed by atoms with Crippen LogP contribution in [0.4, 0.5) is 18.9 Å². The predicted molar refractivity (Wildman–Crippen MR) is 99.0 cm³/mol. The molecular weight excluding hydrogens is 371 g/mol. The Bertz CT molecular complexity index is 879. The molecule has 0 bridgehead atoms. The van der Waals surface area contributed by atoms with E-state index in [1.165, 1.54) is 12.1 Å². The molecule has 3 rings (SSSR count). The number of anilines is 1. The number of likely N-dealkylation sites (N-methyl/N-ethyl adjacent to an activating group) is 1. The third-order valence-electron chi connectivity index (χ3n) is 4.71. The molecule has 1 amide bonds. The van der Waals surface area contributed by atoms with Crippen molar-refractivity contribution in [3.05, 3.63) is 65.0 Å². The van der Waals surface area contributed by atoms with Crippen LogP contribution in [-0.4, -0.2) is 61.3 Å². The van der Waals surface area contributed by atoms with Crippen molar-refractivity contribution >= 4 is 17.4 Å². The maximum Gasteiger partial charge on any atom is 0.258 e. The Hall–Kier alpha value is -2.71. The molecular formula is C20H20F3N3O2. The monoisotopic (exact) mass is 391 g/mol. The van der Waals surface area contributed by atoms with Gasteiger partial charge in [-0.2, -0.15) is 0 Å². The third kappa shape index (κ3) is 4.58. The summed E-state index contributed by atoms with van der Waals surface area (Å²) in [6.07, 6.45) is 0. The summed E-state index contributed by atoms with van der Waals surface area (Å²) in [6.45, 7) is 3.81. The summed E-state index contributed by atoms with van der Waals surface area (Å²) in [5.41, 5.74) is 0.204. The quantitative estimate of drug-likeness (QED) is 0.629. The summed E-state index contributed by atoms with van der Waals surface area (Å²) in [7, 11) is 2.04. The van der Waals surface area contributed by atoms with E-state index in [-0.39, 0.29) is 5.78 Å². The Morgan fingerprint density at radius 3 is 2.21 bits per heavy atom. The van der Waals surface area contributed by atoms with Gasteiger partial charge in [-0.3, -0.25) is 14.5 Å². The summed E-state index contributed by atoms with van der Waals surface area (Å²) in [5, 5.41) is 2.40. The van der Waals surface area contributed by atoms with E-state index in [9.17, 15) is 22.8 Å². The molecule has 0 aliphatic carbocycles. The lowest BCUT2D eigenvalue weighted by Gasteiger charge is -2.31. The molecule has 0 spiro atoms. The molecule has 1 N–H and O–H groups in total. The van der Waals surface area contributed by atoms with Crippen LogP contribution in [0.1, 0.15) is 20.7 Å². The molecule has 0 radical (unpaired) electrons. The third-order valence-corrected chi connectivity index (χ3v) is 4.71. The van der Waals surface area contributed by atoms with Crippen molar-refractivity contribution in [1.82, 2.24) is 9.80 Å². The van der Waals surface area contributed by atoms with Crippen LogP contribution < -0.4 is 5.32 Å². The van der Waals surface area contributed by atoms with Gasteiger partial charge in [0.2, 0.25) is 0 Å². The Labute approximate surface area is 160 Å². The molecule has 28 heavy (non-hydrogen) atoms. The van der Waals surface area contributed by atoms with Gasteiger partial charge in [0.15, 0.2) is 23.2 Å². The standard InChI is InChI=1S/C20H20F3N3O2/c1-25-8-10-26(11-9-25)12-17(27)13-2-4-14(5-3-13)24-20(28)15-6-7-16(21)19(23)18(15)22/h2-7H,8-12H2,1H3,(H,24,28). The van der Waals surface area contributed by atoms with Gasteiger partial charge in [0.05, 0.1) is 12.1 Å². The van der Waals surface area contributed by atoms with Crippen molar-refractivity contribution in [2.75, 3.05) is 45.1 Å². The van der Waals surface area contributed by atoms with E-state index in [0.717, 1.165) is 32.2 Å². The average Bonchev–Trinajstić information content (AvgIpc) is 2.68. The van der Waals surface area contributed by atoms with Crippen LogP contribution in [0.15, 0.2) is 36.4 Å².